The Hall–Kier alpha value is -2.52. The smallest absolute Gasteiger partial charge is 0.299 e. The average Bonchev–Trinajstić information content (AvgIpc) is 2.60. The third-order valence-electron chi connectivity index (χ3n) is 3.12. The van der Waals surface area contributed by atoms with E-state index in [0.717, 1.165) is 6.07 Å². The predicted octanol–water partition coefficient (Wildman–Crippen LogP) is 1.38. The number of hydrogen-bond acceptors (Lipinski definition) is 9. The summed E-state index contributed by atoms with van der Waals surface area (Å²) in [6.07, 6.45) is 1.29. The molecule has 0 saturated heterocycles. The Morgan fingerprint density at radius 3 is 1.84 bits per heavy atom. The first kappa shape index (κ1) is 18.8. The van der Waals surface area contributed by atoms with Crippen LogP contribution in [0.2, 0.25) is 0 Å². The molecule has 1 aromatic carbocycles. The summed E-state index contributed by atoms with van der Waals surface area (Å²) >= 11 is 0. The highest BCUT2D eigenvalue weighted by Gasteiger charge is 2.20. The van der Waals surface area contributed by atoms with E-state index < -0.39 is 4.92 Å². The molecule has 10 heteroatoms. The Morgan fingerprint density at radius 2 is 1.36 bits per heavy atom. The van der Waals surface area contributed by atoms with Crippen LogP contribution in [0, 0.1) is 10.1 Å². The van der Waals surface area contributed by atoms with E-state index in [1.54, 1.807) is 0 Å². The number of isocyanates is 1. The summed E-state index contributed by atoms with van der Waals surface area (Å²) in [6.45, 7) is 2.63. The van der Waals surface area contributed by atoms with E-state index in [1.807, 2.05) is 0 Å². The quantitative estimate of drug-likeness (QED) is 0.338. The third-order valence-corrected chi connectivity index (χ3v) is 3.12. The molecule has 1 aliphatic rings. The van der Waals surface area contributed by atoms with E-state index in [9.17, 15) is 14.9 Å². The summed E-state index contributed by atoms with van der Waals surface area (Å²) in [5, 5.41) is 11.1. The molecule has 0 atom stereocenters. The molecule has 0 bridgehead atoms. The monoisotopic (exact) mass is 354 g/mol. The fourth-order valence-electron chi connectivity index (χ4n) is 2.01. The van der Waals surface area contributed by atoms with Gasteiger partial charge in [0, 0.05) is 6.07 Å². The molecule has 0 amide bonds. The second-order valence-electron chi connectivity index (χ2n) is 4.78. The molecular formula is C15H18N2O8. The van der Waals surface area contributed by atoms with Crippen LogP contribution in [0.1, 0.15) is 0 Å². The lowest BCUT2D eigenvalue weighted by atomic mass is 10.2. The highest BCUT2D eigenvalue weighted by atomic mass is 16.6. The molecule has 0 saturated carbocycles. The highest BCUT2D eigenvalue weighted by molar-refractivity contribution is 5.68. The normalized spacial score (nSPS) is 16.8. The molecular weight excluding hydrogens is 336 g/mol. The number of nitro benzene ring substituents is 1. The van der Waals surface area contributed by atoms with E-state index >= 15 is 0 Å². The lowest BCUT2D eigenvalue weighted by Gasteiger charge is -2.13. The van der Waals surface area contributed by atoms with Gasteiger partial charge in [0.25, 0.3) is 5.69 Å². The van der Waals surface area contributed by atoms with Crippen LogP contribution in [-0.4, -0.2) is 63.9 Å². The highest BCUT2D eigenvalue weighted by Crippen LogP contribution is 2.39. The van der Waals surface area contributed by atoms with Gasteiger partial charge in [-0.1, -0.05) is 0 Å². The molecule has 0 fully saturated rings. The molecule has 1 aromatic rings. The topological polar surface area (TPSA) is 119 Å². The summed E-state index contributed by atoms with van der Waals surface area (Å²) in [6, 6.07) is 2.42. The Bertz CT molecular complexity index is 591. The van der Waals surface area contributed by atoms with Crippen molar-refractivity contribution in [2.45, 2.75) is 0 Å². The van der Waals surface area contributed by atoms with Gasteiger partial charge in [0.1, 0.15) is 13.2 Å². The van der Waals surface area contributed by atoms with Crippen molar-refractivity contribution in [2.24, 2.45) is 4.99 Å². The van der Waals surface area contributed by atoms with Gasteiger partial charge < -0.3 is 23.7 Å². The molecule has 0 spiro atoms. The largest absolute Gasteiger partial charge is 0.487 e. The first-order chi connectivity index (χ1) is 12.2. The summed E-state index contributed by atoms with van der Waals surface area (Å²) in [5.74, 6) is 0.376. The predicted molar refractivity (Wildman–Crippen MR) is 84.3 cm³/mol. The van der Waals surface area contributed by atoms with Crippen LogP contribution in [0.15, 0.2) is 17.1 Å². The van der Waals surface area contributed by atoms with Crippen LogP contribution in [0.4, 0.5) is 11.4 Å². The number of rotatable bonds is 2. The van der Waals surface area contributed by atoms with Crippen LogP contribution in [-0.2, 0) is 19.0 Å². The number of benzene rings is 1. The molecule has 25 heavy (non-hydrogen) atoms. The Balaban J connectivity index is 2.21. The first-order valence-corrected chi connectivity index (χ1v) is 7.61. The molecule has 0 aliphatic carbocycles. The average molecular weight is 354 g/mol. The van der Waals surface area contributed by atoms with Crippen molar-refractivity contribution in [3.8, 4) is 11.5 Å². The lowest BCUT2D eigenvalue weighted by Crippen LogP contribution is -2.13. The zero-order chi connectivity index (χ0) is 17.9. The van der Waals surface area contributed by atoms with Gasteiger partial charge in [-0.25, -0.2) is 4.79 Å². The van der Waals surface area contributed by atoms with E-state index in [4.69, 9.17) is 23.7 Å². The second-order valence-corrected chi connectivity index (χ2v) is 4.78. The van der Waals surface area contributed by atoms with E-state index in [2.05, 4.69) is 4.99 Å². The number of hydrogen-bond donors (Lipinski definition) is 0. The van der Waals surface area contributed by atoms with Gasteiger partial charge in [-0.05, 0) is 0 Å². The van der Waals surface area contributed by atoms with Gasteiger partial charge in [0.2, 0.25) is 6.08 Å². The van der Waals surface area contributed by atoms with Crippen molar-refractivity contribution in [3.63, 3.8) is 0 Å². The van der Waals surface area contributed by atoms with Crippen LogP contribution in [0.5, 0.6) is 11.5 Å². The third kappa shape index (κ3) is 6.12. The number of ether oxygens (including phenoxy) is 5. The van der Waals surface area contributed by atoms with Gasteiger partial charge in [0.05, 0.1) is 50.6 Å². The van der Waals surface area contributed by atoms with Crippen LogP contribution in [0.25, 0.3) is 0 Å². The minimum atomic E-state index is -0.660. The standard InChI is InChI=1S/C15H18N2O8/c18-11-16-12-9-14-15(10-13(12)17(19)20)25-8-6-23-4-2-21-1-3-22-5-7-24-14/h9-10H,1-8H2. The van der Waals surface area contributed by atoms with Gasteiger partial charge in [-0.3, -0.25) is 10.1 Å². The van der Waals surface area contributed by atoms with E-state index in [0.29, 0.717) is 33.0 Å². The van der Waals surface area contributed by atoms with Crippen molar-refractivity contribution in [1.82, 2.24) is 0 Å². The Labute approximate surface area is 143 Å². The summed E-state index contributed by atoms with van der Waals surface area (Å²) in [4.78, 5) is 24.3. The molecule has 2 rings (SSSR count). The summed E-state index contributed by atoms with van der Waals surface area (Å²) in [7, 11) is 0. The minimum absolute atomic E-state index is 0.159. The van der Waals surface area contributed by atoms with Crippen molar-refractivity contribution >= 4 is 17.5 Å². The molecule has 0 N–H and O–H groups in total. The maximum atomic E-state index is 11.1. The molecule has 0 radical (unpaired) electrons. The number of carbonyl (C=O) groups excluding carboxylic acids is 1. The van der Waals surface area contributed by atoms with Gasteiger partial charge in [0.15, 0.2) is 17.2 Å². The number of aliphatic imine (C=N–C) groups is 1. The van der Waals surface area contributed by atoms with E-state index in [1.165, 1.54) is 12.1 Å². The van der Waals surface area contributed by atoms with Gasteiger partial charge in [-0.2, -0.15) is 4.99 Å². The maximum Gasteiger partial charge on any atom is 0.299 e. The molecule has 136 valence electrons. The Kier molecular flexibility index (Phi) is 7.80. The summed E-state index contributed by atoms with van der Waals surface area (Å²) in [5.41, 5.74) is -0.542. The van der Waals surface area contributed by atoms with E-state index in [-0.39, 0.29) is 42.7 Å². The van der Waals surface area contributed by atoms with Crippen molar-refractivity contribution < 1.29 is 33.4 Å². The second kappa shape index (κ2) is 10.4. The summed E-state index contributed by atoms with van der Waals surface area (Å²) < 4.78 is 27.0. The SMILES string of the molecule is O=C=Nc1cc2c(cc1[N+](=O)[O-])OCCOCCOCCOCCO2. The lowest BCUT2D eigenvalue weighted by molar-refractivity contribution is -0.384. The van der Waals surface area contributed by atoms with Crippen LogP contribution >= 0.6 is 0 Å². The molecule has 0 aromatic heterocycles. The molecule has 10 nitrogen and oxygen atoms in total. The van der Waals surface area contributed by atoms with Gasteiger partial charge in [-0.15, -0.1) is 0 Å². The fourth-order valence-corrected chi connectivity index (χ4v) is 2.01. The van der Waals surface area contributed by atoms with Crippen LogP contribution < -0.4 is 9.47 Å². The van der Waals surface area contributed by atoms with Gasteiger partial charge >= 0.3 is 0 Å². The maximum absolute atomic E-state index is 11.1. The van der Waals surface area contributed by atoms with Crippen LogP contribution in [0.3, 0.4) is 0 Å². The number of nitrogens with zero attached hydrogens (tertiary/aromatic N) is 2. The van der Waals surface area contributed by atoms with Crippen molar-refractivity contribution in [1.29, 1.82) is 0 Å². The first-order valence-electron chi connectivity index (χ1n) is 7.61. The molecule has 0 unspecified atom stereocenters. The van der Waals surface area contributed by atoms with Crippen molar-refractivity contribution in [3.05, 3.63) is 22.2 Å². The number of fused-ring (bicyclic) bond motifs is 1. The molecule has 1 heterocycles. The zero-order valence-corrected chi connectivity index (χ0v) is 13.5. The molecule has 1 aliphatic heterocycles. The number of nitro groups is 1. The minimum Gasteiger partial charge on any atom is -0.487 e. The van der Waals surface area contributed by atoms with Crippen molar-refractivity contribution in [2.75, 3.05) is 52.9 Å². The zero-order valence-electron chi connectivity index (χ0n) is 13.5. The fraction of sp³-hybridized carbons (Fsp3) is 0.533. The Morgan fingerprint density at radius 1 is 0.880 bits per heavy atom.